The molecule has 0 saturated heterocycles. The summed E-state index contributed by atoms with van der Waals surface area (Å²) in [5.41, 5.74) is -2.48. The molecular formula is C15H6F6S3. The average molecular weight is 396 g/mol. The Hall–Kier alpha value is -1.32. The largest absolute Gasteiger partial charge is 0.380 e. The van der Waals surface area contributed by atoms with Crippen LogP contribution in [-0.2, 0) is 11.8 Å². The SMILES string of the molecule is FC1(F)c2c(-c3cccs3)sc(-c3cccs3)c2C(F)(F)C1(F)F. The van der Waals surface area contributed by atoms with Gasteiger partial charge in [-0.05, 0) is 22.9 Å². The molecule has 9 heteroatoms. The van der Waals surface area contributed by atoms with Crippen LogP contribution in [-0.4, -0.2) is 5.92 Å². The lowest BCUT2D eigenvalue weighted by molar-refractivity contribution is -0.302. The Kier molecular flexibility index (Phi) is 3.27. The first-order valence-corrected chi connectivity index (χ1v) is 9.16. The van der Waals surface area contributed by atoms with Crippen molar-refractivity contribution in [3.8, 4) is 19.5 Å². The van der Waals surface area contributed by atoms with Crippen LogP contribution in [0.4, 0.5) is 26.3 Å². The van der Waals surface area contributed by atoms with Crippen LogP contribution in [0.2, 0.25) is 0 Å². The quantitative estimate of drug-likeness (QED) is 0.408. The lowest BCUT2D eigenvalue weighted by atomic mass is 10.1. The molecule has 0 bridgehead atoms. The van der Waals surface area contributed by atoms with Crippen molar-refractivity contribution in [1.29, 1.82) is 0 Å². The van der Waals surface area contributed by atoms with Gasteiger partial charge in [0.05, 0.1) is 20.9 Å². The summed E-state index contributed by atoms with van der Waals surface area (Å²) in [6.45, 7) is 0. The van der Waals surface area contributed by atoms with E-state index in [2.05, 4.69) is 0 Å². The van der Waals surface area contributed by atoms with Crippen molar-refractivity contribution in [2.45, 2.75) is 17.8 Å². The normalized spacial score (nSPS) is 20.2. The van der Waals surface area contributed by atoms with Crippen molar-refractivity contribution in [2.24, 2.45) is 0 Å². The topological polar surface area (TPSA) is 0 Å². The molecule has 0 atom stereocenters. The molecule has 1 aliphatic carbocycles. The van der Waals surface area contributed by atoms with E-state index in [1.807, 2.05) is 0 Å². The summed E-state index contributed by atoms with van der Waals surface area (Å²) in [4.78, 5) is 0.106. The molecule has 4 rings (SSSR count). The van der Waals surface area contributed by atoms with E-state index in [0.717, 1.165) is 22.7 Å². The summed E-state index contributed by atoms with van der Waals surface area (Å²) >= 11 is 2.80. The third-order valence-corrected chi connectivity index (χ3v) is 7.10. The smallest absolute Gasteiger partial charge is 0.194 e. The predicted molar refractivity (Wildman–Crippen MR) is 83.7 cm³/mol. The molecule has 0 aromatic carbocycles. The Balaban J connectivity index is 2.11. The van der Waals surface area contributed by atoms with E-state index < -0.39 is 28.9 Å². The molecule has 24 heavy (non-hydrogen) atoms. The van der Waals surface area contributed by atoms with E-state index in [0.29, 0.717) is 11.3 Å². The molecule has 0 unspecified atom stereocenters. The van der Waals surface area contributed by atoms with Crippen LogP contribution in [0.25, 0.3) is 19.5 Å². The third-order valence-electron chi connectivity index (χ3n) is 3.81. The molecule has 3 aromatic rings. The lowest BCUT2D eigenvalue weighted by Gasteiger charge is -2.24. The molecular weight excluding hydrogens is 390 g/mol. The fourth-order valence-corrected chi connectivity index (χ4v) is 5.79. The van der Waals surface area contributed by atoms with Crippen molar-refractivity contribution < 1.29 is 26.3 Å². The van der Waals surface area contributed by atoms with Gasteiger partial charge in [-0.3, -0.25) is 0 Å². The van der Waals surface area contributed by atoms with E-state index in [-0.39, 0.29) is 19.5 Å². The monoisotopic (exact) mass is 396 g/mol. The molecule has 0 radical (unpaired) electrons. The van der Waals surface area contributed by atoms with Gasteiger partial charge in [-0.2, -0.15) is 26.3 Å². The fourth-order valence-electron chi connectivity index (χ4n) is 2.70. The minimum atomic E-state index is -5.46. The second-order valence-corrected chi connectivity index (χ2v) is 8.10. The van der Waals surface area contributed by atoms with Crippen LogP contribution >= 0.6 is 34.0 Å². The first-order valence-electron chi connectivity index (χ1n) is 6.58. The number of hydrogen-bond donors (Lipinski definition) is 0. The maximum atomic E-state index is 14.3. The Morgan fingerprint density at radius 1 is 0.667 bits per heavy atom. The van der Waals surface area contributed by atoms with Crippen molar-refractivity contribution >= 4 is 34.0 Å². The zero-order valence-corrected chi connectivity index (χ0v) is 13.9. The van der Waals surface area contributed by atoms with E-state index in [1.165, 1.54) is 12.1 Å². The highest BCUT2D eigenvalue weighted by Gasteiger charge is 2.81. The maximum Gasteiger partial charge on any atom is 0.380 e. The van der Waals surface area contributed by atoms with Gasteiger partial charge in [0.25, 0.3) is 0 Å². The Morgan fingerprint density at radius 2 is 1.08 bits per heavy atom. The van der Waals surface area contributed by atoms with E-state index in [1.54, 1.807) is 22.9 Å². The summed E-state index contributed by atoms with van der Waals surface area (Å²) in [7, 11) is 0. The Labute approximate surface area is 144 Å². The lowest BCUT2D eigenvalue weighted by Crippen LogP contribution is -2.43. The predicted octanol–water partition coefficient (Wildman–Crippen LogP) is 7.04. The molecule has 0 amide bonds. The molecule has 0 saturated carbocycles. The maximum absolute atomic E-state index is 14.3. The highest BCUT2D eigenvalue weighted by molar-refractivity contribution is 7.26. The zero-order valence-electron chi connectivity index (χ0n) is 11.5. The first-order chi connectivity index (χ1) is 11.2. The van der Waals surface area contributed by atoms with Crippen LogP contribution in [0, 0.1) is 0 Å². The molecule has 3 aromatic heterocycles. The van der Waals surface area contributed by atoms with Gasteiger partial charge in [-0.15, -0.1) is 34.0 Å². The van der Waals surface area contributed by atoms with Crippen LogP contribution in [0.15, 0.2) is 35.0 Å². The van der Waals surface area contributed by atoms with E-state index in [4.69, 9.17) is 0 Å². The van der Waals surface area contributed by atoms with Crippen molar-refractivity contribution in [1.82, 2.24) is 0 Å². The van der Waals surface area contributed by atoms with Crippen molar-refractivity contribution in [2.75, 3.05) is 0 Å². The second-order valence-electron chi connectivity index (χ2n) is 5.19. The van der Waals surface area contributed by atoms with Crippen LogP contribution < -0.4 is 0 Å². The summed E-state index contributed by atoms with van der Waals surface area (Å²) in [5, 5.41) is 3.16. The highest BCUT2D eigenvalue weighted by atomic mass is 32.1. The van der Waals surface area contributed by atoms with Gasteiger partial charge in [0, 0.05) is 9.75 Å². The number of hydrogen-bond acceptors (Lipinski definition) is 3. The molecule has 0 aliphatic heterocycles. The third kappa shape index (κ3) is 1.80. The van der Waals surface area contributed by atoms with Crippen molar-refractivity contribution in [3.63, 3.8) is 0 Å². The number of thiophene rings is 3. The van der Waals surface area contributed by atoms with Crippen LogP contribution in [0.1, 0.15) is 11.1 Å². The standard InChI is InChI=1S/C15H6F6S3/c16-13(17)9-10(14(18,19)15(13,20)21)12(8-4-2-6-23-8)24-11(9)7-3-1-5-22-7/h1-6H. The van der Waals surface area contributed by atoms with E-state index >= 15 is 0 Å². The number of rotatable bonds is 2. The Morgan fingerprint density at radius 3 is 1.42 bits per heavy atom. The summed E-state index contributed by atoms with van der Waals surface area (Å²) in [6, 6.07) is 6.03. The minimum Gasteiger partial charge on any atom is -0.194 e. The Bertz CT molecular complexity index is 819. The molecule has 0 spiro atoms. The van der Waals surface area contributed by atoms with Crippen molar-refractivity contribution in [3.05, 3.63) is 46.2 Å². The van der Waals surface area contributed by atoms with Crippen LogP contribution in [0.3, 0.4) is 0 Å². The number of fused-ring (bicyclic) bond motifs is 1. The second kappa shape index (κ2) is 4.86. The summed E-state index contributed by atoms with van der Waals surface area (Å²) in [5.74, 6) is -15.3. The van der Waals surface area contributed by atoms with Gasteiger partial charge in [0.2, 0.25) is 0 Å². The van der Waals surface area contributed by atoms with Gasteiger partial charge >= 0.3 is 17.8 Å². The van der Waals surface area contributed by atoms with Crippen LogP contribution in [0.5, 0.6) is 0 Å². The molecule has 0 fully saturated rings. The molecule has 0 N–H and O–H groups in total. The fraction of sp³-hybridized carbons (Fsp3) is 0.200. The molecule has 3 heterocycles. The van der Waals surface area contributed by atoms with Gasteiger partial charge < -0.3 is 0 Å². The average Bonchev–Trinajstić information content (AvgIpc) is 3.25. The first kappa shape index (κ1) is 16.2. The van der Waals surface area contributed by atoms with Gasteiger partial charge in [-0.1, -0.05) is 12.1 Å². The molecule has 126 valence electrons. The number of halogens is 6. The highest BCUT2D eigenvalue weighted by Crippen LogP contribution is 2.68. The van der Waals surface area contributed by atoms with E-state index in [9.17, 15) is 26.3 Å². The summed E-state index contributed by atoms with van der Waals surface area (Å²) < 4.78 is 85.0. The zero-order chi connectivity index (χ0) is 17.3. The molecule has 1 aliphatic rings. The summed E-state index contributed by atoms with van der Waals surface area (Å²) in [6.07, 6.45) is 0. The van der Waals surface area contributed by atoms with Gasteiger partial charge in [0.1, 0.15) is 0 Å². The van der Waals surface area contributed by atoms with Gasteiger partial charge in [0.15, 0.2) is 0 Å². The minimum absolute atomic E-state index is 0.217. The van der Waals surface area contributed by atoms with Gasteiger partial charge in [-0.25, -0.2) is 0 Å². The number of alkyl halides is 6. The molecule has 0 nitrogen and oxygen atoms in total.